The second-order valence-corrected chi connectivity index (χ2v) is 4.41. The lowest BCUT2D eigenvalue weighted by Gasteiger charge is -2.18. The van der Waals surface area contributed by atoms with Crippen LogP contribution in [0.4, 0.5) is 13.2 Å². The molecule has 1 aliphatic rings. The third-order valence-electron chi connectivity index (χ3n) is 3.24. The second-order valence-electron chi connectivity index (χ2n) is 4.41. The predicted molar refractivity (Wildman–Crippen MR) is 62.0 cm³/mol. The monoisotopic (exact) mass is 273 g/mol. The molecule has 0 aromatic heterocycles. The molecule has 1 saturated heterocycles. The molecular weight excluding hydrogens is 259 g/mol. The molecule has 1 fully saturated rings. The molecule has 1 aromatic carbocycles. The Hall–Kier alpha value is -1.56. The van der Waals surface area contributed by atoms with Crippen molar-refractivity contribution in [3.63, 3.8) is 0 Å². The largest absolute Gasteiger partial charge is 0.466 e. The van der Waals surface area contributed by atoms with Crippen LogP contribution in [0.3, 0.4) is 0 Å². The Labute approximate surface area is 108 Å². The summed E-state index contributed by atoms with van der Waals surface area (Å²) in [7, 11) is 0. The van der Waals surface area contributed by atoms with E-state index >= 15 is 0 Å². The molecule has 0 spiro atoms. The Morgan fingerprint density at radius 1 is 1.26 bits per heavy atom. The third-order valence-corrected chi connectivity index (χ3v) is 3.24. The van der Waals surface area contributed by atoms with Crippen LogP contribution in [-0.4, -0.2) is 25.7 Å². The van der Waals surface area contributed by atoms with Gasteiger partial charge in [0.1, 0.15) is 5.82 Å². The number of rotatable bonds is 3. The van der Waals surface area contributed by atoms with Crippen LogP contribution < -0.4 is 5.32 Å². The minimum atomic E-state index is -1.24. The van der Waals surface area contributed by atoms with E-state index in [1.54, 1.807) is 6.92 Å². The van der Waals surface area contributed by atoms with Gasteiger partial charge >= 0.3 is 5.97 Å². The van der Waals surface area contributed by atoms with Gasteiger partial charge < -0.3 is 10.1 Å². The lowest BCUT2D eigenvalue weighted by atomic mass is 9.88. The van der Waals surface area contributed by atoms with Crippen molar-refractivity contribution in [2.45, 2.75) is 12.8 Å². The number of nitrogens with one attached hydrogen (secondary N) is 1. The standard InChI is InChI=1S/C13H14F3NO2/c1-2-19-13(18)9-6-17-5-8(9)7-3-11(15)12(16)4-10(7)14/h3-4,8-9,17H,2,5-6H2,1H3. The predicted octanol–water partition coefficient (Wildman–Crippen LogP) is 1.97. The molecule has 1 aliphatic heterocycles. The van der Waals surface area contributed by atoms with Gasteiger partial charge in [0.15, 0.2) is 11.6 Å². The van der Waals surface area contributed by atoms with E-state index in [1.165, 1.54) is 0 Å². The summed E-state index contributed by atoms with van der Waals surface area (Å²) in [6, 6.07) is 1.32. The molecule has 1 heterocycles. The summed E-state index contributed by atoms with van der Waals surface area (Å²) in [5, 5.41) is 2.94. The molecular formula is C13H14F3NO2. The highest BCUT2D eigenvalue weighted by molar-refractivity contribution is 5.74. The fraction of sp³-hybridized carbons (Fsp3) is 0.462. The Morgan fingerprint density at radius 2 is 1.95 bits per heavy atom. The average molecular weight is 273 g/mol. The van der Waals surface area contributed by atoms with Crippen molar-refractivity contribution in [3.8, 4) is 0 Å². The van der Waals surface area contributed by atoms with E-state index in [0.717, 1.165) is 6.07 Å². The molecule has 3 nitrogen and oxygen atoms in total. The molecule has 0 saturated carbocycles. The third kappa shape index (κ3) is 2.73. The first-order chi connectivity index (χ1) is 9.04. The van der Waals surface area contributed by atoms with Gasteiger partial charge in [-0.2, -0.15) is 0 Å². The lowest BCUT2D eigenvalue weighted by Crippen LogP contribution is -2.24. The van der Waals surface area contributed by atoms with E-state index in [0.29, 0.717) is 19.2 Å². The van der Waals surface area contributed by atoms with Crippen LogP contribution in [-0.2, 0) is 9.53 Å². The number of benzene rings is 1. The molecule has 1 N–H and O–H groups in total. The van der Waals surface area contributed by atoms with Crippen LogP contribution in [0.15, 0.2) is 12.1 Å². The minimum Gasteiger partial charge on any atom is -0.466 e. The summed E-state index contributed by atoms with van der Waals surface area (Å²) in [6.45, 7) is 2.56. The maximum Gasteiger partial charge on any atom is 0.310 e. The number of carbonyl (C=O) groups excluding carboxylic acids is 1. The molecule has 0 bridgehead atoms. The summed E-state index contributed by atoms with van der Waals surface area (Å²) < 4.78 is 44.7. The number of hydrogen-bond donors (Lipinski definition) is 1. The Bertz CT molecular complexity index is 493. The fourth-order valence-corrected chi connectivity index (χ4v) is 2.32. The van der Waals surface area contributed by atoms with E-state index in [-0.39, 0.29) is 12.2 Å². The summed E-state index contributed by atoms with van der Waals surface area (Å²) >= 11 is 0. The molecule has 0 radical (unpaired) electrons. The maximum atomic E-state index is 13.7. The van der Waals surface area contributed by atoms with Gasteiger partial charge in [-0.1, -0.05) is 0 Å². The van der Waals surface area contributed by atoms with E-state index in [2.05, 4.69) is 5.32 Å². The van der Waals surface area contributed by atoms with Gasteiger partial charge in [0.05, 0.1) is 12.5 Å². The van der Waals surface area contributed by atoms with Gasteiger partial charge in [0.25, 0.3) is 0 Å². The zero-order valence-electron chi connectivity index (χ0n) is 10.4. The van der Waals surface area contributed by atoms with Gasteiger partial charge in [-0.25, -0.2) is 13.2 Å². The van der Waals surface area contributed by atoms with Gasteiger partial charge in [-0.3, -0.25) is 4.79 Å². The van der Waals surface area contributed by atoms with Crippen LogP contribution in [0.2, 0.25) is 0 Å². The molecule has 0 aliphatic carbocycles. The number of carbonyl (C=O) groups is 1. The molecule has 2 atom stereocenters. The first-order valence-electron chi connectivity index (χ1n) is 6.06. The zero-order chi connectivity index (χ0) is 14.0. The smallest absolute Gasteiger partial charge is 0.310 e. The first kappa shape index (κ1) is 13.9. The van der Waals surface area contributed by atoms with Crippen LogP contribution in [0, 0.1) is 23.4 Å². The van der Waals surface area contributed by atoms with Crippen molar-refractivity contribution >= 4 is 5.97 Å². The Balaban J connectivity index is 2.30. The Morgan fingerprint density at radius 3 is 2.63 bits per heavy atom. The van der Waals surface area contributed by atoms with Crippen LogP contribution >= 0.6 is 0 Å². The number of ether oxygens (including phenoxy) is 1. The summed E-state index contributed by atoms with van der Waals surface area (Å²) in [5.41, 5.74) is 0.00181. The highest BCUT2D eigenvalue weighted by Crippen LogP contribution is 2.31. The SMILES string of the molecule is CCOC(=O)C1CNCC1c1cc(F)c(F)cc1F. The van der Waals surface area contributed by atoms with E-state index < -0.39 is 35.3 Å². The number of esters is 1. The van der Waals surface area contributed by atoms with Gasteiger partial charge in [-0.05, 0) is 18.6 Å². The Kier molecular flexibility index (Phi) is 4.09. The van der Waals surface area contributed by atoms with Crippen molar-refractivity contribution in [1.82, 2.24) is 5.32 Å². The van der Waals surface area contributed by atoms with Crippen molar-refractivity contribution in [3.05, 3.63) is 35.1 Å². The number of halogens is 3. The first-order valence-corrected chi connectivity index (χ1v) is 6.06. The van der Waals surface area contributed by atoms with E-state index in [9.17, 15) is 18.0 Å². The minimum absolute atomic E-state index is 0.00181. The molecule has 6 heteroatoms. The quantitative estimate of drug-likeness (QED) is 0.676. The zero-order valence-corrected chi connectivity index (χ0v) is 10.4. The van der Waals surface area contributed by atoms with Crippen LogP contribution in [0.25, 0.3) is 0 Å². The molecule has 1 aromatic rings. The van der Waals surface area contributed by atoms with Crippen LogP contribution in [0.5, 0.6) is 0 Å². The van der Waals surface area contributed by atoms with Crippen LogP contribution in [0.1, 0.15) is 18.4 Å². The van der Waals surface area contributed by atoms with Crippen molar-refractivity contribution in [2.75, 3.05) is 19.7 Å². The van der Waals surface area contributed by atoms with Gasteiger partial charge in [0, 0.05) is 25.1 Å². The fourth-order valence-electron chi connectivity index (χ4n) is 2.32. The van der Waals surface area contributed by atoms with Gasteiger partial charge in [-0.15, -0.1) is 0 Å². The van der Waals surface area contributed by atoms with Crippen molar-refractivity contribution in [1.29, 1.82) is 0 Å². The molecule has 2 unspecified atom stereocenters. The van der Waals surface area contributed by atoms with Gasteiger partial charge in [0.2, 0.25) is 0 Å². The van der Waals surface area contributed by atoms with E-state index in [4.69, 9.17) is 4.74 Å². The second kappa shape index (κ2) is 5.61. The van der Waals surface area contributed by atoms with Crippen molar-refractivity contribution in [2.24, 2.45) is 5.92 Å². The molecule has 104 valence electrons. The highest BCUT2D eigenvalue weighted by Gasteiger charge is 2.36. The molecule has 0 amide bonds. The summed E-state index contributed by atoms with van der Waals surface area (Å²) in [4.78, 5) is 11.7. The number of hydrogen-bond acceptors (Lipinski definition) is 3. The lowest BCUT2D eigenvalue weighted by molar-refractivity contribution is -0.147. The highest BCUT2D eigenvalue weighted by atomic mass is 19.2. The molecule has 19 heavy (non-hydrogen) atoms. The normalized spacial score (nSPS) is 22.5. The van der Waals surface area contributed by atoms with Crippen molar-refractivity contribution < 1.29 is 22.7 Å². The summed E-state index contributed by atoms with van der Waals surface area (Å²) in [5.74, 6) is -4.79. The van der Waals surface area contributed by atoms with E-state index in [1.807, 2.05) is 0 Å². The average Bonchev–Trinajstić information content (AvgIpc) is 2.83. The molecule has 2 rings (SSSR count). The topological polar surface area (TPSA) is 38.3 Å². The summed E-state index contributed by atoms with van der Waals surface area (Å²) in [6.07, 6.45) is 0. The maximum absolute atomic E-state index is 13.7.